The van der Waals surface area contributed by atoms with Crippen LogP contribution in [0.4, 0.5) is 13.2 Å². The second kappa shape index (κ2) is 8.31. The molecule has 0 aromatic rings. The van der Waals surface area contributed by atoms with Crippen molar-refractivity contribution in [1.29, 1.82) is 0 Å². The highest BCUT2D eigenvalue weighted by Crippen LogP contribution is 2.14. The molecule has 1 unspecified atom stereocenters. The molecule has 0 saturated carbocycles. The molecule has 0 aromatic heterocycles. The summed E-state index contributed by atoms with van der Waals surface area (Å²) < 4.78 is 39.7. The van der Waals surface area contributed by atoms with E-state index in [9.17, 15) is 18.0 Å². The number of halogens is 3. The molecule has 0 aliphatic rings. The fraction of sp³-hybridized carbons (Fsp3) is 0.909. The van der Waals surface area contributed by atoms with Crippen LogP contribution in [0.15, 0.2) is 0 Å². The van der Waals surface area contributed by atoms with E-state index in [-0.39, 0.29) is 18.6 Å². The highest BCUT2D eigenvalue weighted by molar-refractivity contribution is 5.81. The van der Waals surface area contributed by atoms with Crippen LogP contribution in [0.5, 0.6) is 0 Å². The molecule has 0 spiro atoms. The highest BCUT2D eigenvalue weighted by atomic mass is 19.4. The van der Waals surface area contributed by atoms with Crippen molar-refractivity contribution in [3.05, 3.63) is 0 Å². The number of nitrogens with zero attached hydrogens (tertiary/aromatic N) is 1. The summed E-state index contributed by atoms with van der Waals surface area (Å²) >= 11 is 0. The molecule has 0 rings (SSSR count). The summed E-state index contributed by atoms with van der Waals surface area (Å²) in [6, 6.07) is -0.336. The molecule has 0 aliphatic carbocycles. The predicted molar refractivity (Wildman–Crippen MR) is 62.3 cm³/mol. The molecule has 7 heteroatoms. The normalized spacial score (nSPS) is 13.4. The SMILES string of the molecule is CCN(C)C(=O)C(C)NCCCOCC(F)(F)F. The van der Waals surface area contributed by atoms with Gasteiger partial charge in [-0.15, -0.1) is 0 Å². The summed E-state index contributed by atoms with van der Waals surface area (Å²) in [5.74, 6) is -0.0336. The summed E-state index contributed by atoms with van der Waals surface area (Å²) in [6.07, 6.45) is -3.84. The quantitative estimate of drug-likeness (QED) is 0.678. The third kappa shape index (κ3) is 8.30. The molecule has 1 atom stereocenters. The second-order valence-electron chi connectivity index (χ2n) is 4.05. The number of nitrogens with one attached hydrogen (secondary N) is 1. The largest absolute Gasteiger partial charge is 0.411 e. The third-order valence-corrected chi connectivity index (χ3v) is 2.40. The monoisotopic (exact) mass is 270 g/mol. The number of likely N-dealkylation sites (N-methyl/N-ethyl adjacent to an activating group) is 1. The van der Waals surface area contributed by atoms with E-state index in [1.54, 1.807) is 18.9 Å². The van der Waals surface area contributed by atoms with Crippen molar-refractivity contribution in [1.82, 2.24) is 10.2 Å². The van der Waals surface area contributed by atoms with Crippen molar-refractivity contribution < 1.29 is 22.7 Å². The Bertz CT molecular complexity index is 247. The van der Waals surface area contributed by atoms with Crippen molar-refractivity contribution in [2.45, 2.75) is 32.5 Å². The average Bonchev–Trinajstić information content (AvgIpc) is 2.29. The Balaban J connectivity index is 3.58. The molecule has 0 radical (unpaired) electrons. The maximum absolute atomic E-state index is 11.7. The van der Waals surface area contributed by atoms with Gasteiger partial charge in [-0.3, -0.25) is 4.79 Å². The standard InChI is InChI=1S/C11H21F3N2O2/c1-4-16(3)10(17)9(2)15-6-5-7-18-8-11(12,13)14/h9,15H,4-8H2,1-3H3. The first kappa shape index (κ1) is 17.2. The van der Waals surface area contributed by atoms with Crippen molar-refractivity contribution in [2.24, 2.45) is 0 Å². The fourth-order valence-corrected chi connectivity index (χ4v) is 1.25. The molecule has 0 aliphatic heterocycles. The average molecular weight is 270 g/mol. The van der Waals surface area contributed by atoms with Crippen molar-refractivity contribution >= 4 is 5.91 Å². The summed E-state index contributed by atoms with van der Waals surface area (Å²) in [5.41, 5.74) is 0. The first-order valence-electron chi connectivity index (χ1n) is 5.90. The molecule has 0 saturated heterocycles. The van der Waals surface area contributed by atoms with Crippen LogP contribution in [0.1, 0.15) is 20.3 Å². The number of rotatable bonds is 8. The van der Waals surface area contributed by atoms with E-state index < -0.39 is 12.8 Å². The predicted octanol–water partition coefficient (Wildman–Crippen LogP) is 1.41. The van der Waals surface area contributed by atoms with Gasteiger partial charge in [0.2, 0.25) is 5.91 Å². The molecular formula is C11H21F3N2O2. The molecule has 1 amide bonds. The van der Waals surface area contributed by atoms with E-state index in [4.69, 9.17) is 0 Å². The van der Waals surface area contributed by atoms with Gasteiger partial charge in [0.15, 0.2) is 0 Å². The van der Waals surface area contributed by atoms with Gasteiger partial charge in [0.05, 0.1) is 6.04 Å². The molecule has 108 valence electrons. The number of ether oxygens (including phenoxy) is 1. The zero-order valence-electron chi connectivity index (χ0n) is 11.0. The Labute approximate surface area is 105 Å². The lowest BCUT2D eigenvalue weighted by atomic mass is 10.3. The van der Waals surface area contributed by atoms with Gasteiger partial charge in [-0.2, -0.15) is 13.2 Å². The van der Waals surface area contributed by atoms with Crippen LogP contribution in [0.2, 0.25) is 0 Å². The number of amides is 1. The molecular weight excluding hydrogens is 249 g/mol. The van der Waals surface area contributed by atoms with Gasteiger partial charge in [0.1, 0.15) is 6.61 Å². The minimum atomic E-state index is -4.28. The molecule has 18 heavy (non-hydrogen) atoms. The lowest BCUT2D eigenvalue weighted by Crippen LogP contribution is -2.43. The Morgan fingerprint density at radius 3 is 2.56 bits per heavy atom. The van der Waals surface area contributed by atoms with Gasteiger partial charge in [-0.25, -0.2) is 0 Å². The zero-order valence-corrected chi connectivity index (χ0v) is 11.0. The van der Waals surface area contributed by atoms with Crippen LogP contribution in [-0.4, -0.2) is 56.4 Å². The molecule has 0 fully saturated rings. The topological polar surface area (TPSA) is 41.6 Å². The van der Waals surface area contributed by atoms with Crippen LogP contribution < -0.4 is 5.32 Å². The van der Waals surface area contributed by atoms with E-state index in [0.29, 0.717) is 19.5 Å². The smallest absolute Gasteiger partial charge is 0.372 e. The summed E-state index contributed by atoms with van der Waals surface area (Å²) in [6.45, 7) is 3.47. The van der Waals surface area contributed by atoms with Gasteiger partial charge in [-0.1, -0.05) is 0 Å². The molecule has 0 heterocycles. The summed E-state index contributed by atoms with van der Waals surface area (Å²) in [7, 11) is 1.70. The van der Waals surface area contributed by atoms with Gasteiger partial charge in [0.25, 0.3) is 0 Å². The minimum Gasteiger partial charge on any atom is -0.372 e. The van der Waals surface area contributed by atoms with Crippen molar-refractivity contribution in [2.75, 3.05) is 33.4 Å². The number of carbonyl (C=O) groups is 1. The Morgan fingerprint density at radius 2 is 2.06 bits per heavy atom. The molecule has 0 bridgehead atoms. The van der Waals surface area contributed by atoms with E-state index in [0.717, 1.165) is 0 Å². The van der Waals surface area contributed by atoms with E-state index >= 15 is 0 Å². The minimum absolute atomic E-state index is 0.0248. The Hall–Kier alpha value is -0.820. The maximum Gasteiger partial charge on any atom is 0.411 e. The Morgan fingerprint density at radius 1 is 1.44 bits per heavy atom. The lowest BCUT2D eigenvalue weighted by Gasteiger charge is -2.20. The van der Waals surface area contributed by atoms with Crippen LogP contribution >= 0.6 is 0 Å². The van der Waals surface area contributed by atoms with Crippen molar-refractivity contribution in [3.63, 3.8) is 0 Å². The molecule has 1 N–H and O–H groups in total. The van der Waals surface area contributed by atoms with Gasteiger partial charge in [0, 0.05) is 20.2 Å². The Kier molecular flexibility index (Phi) is 7.93. The fourth-order valence-electron chi connectivity index (χ4n) is 1.25. The number of carbonyl (C=O) groups excluding carboxylic acids is 1. The summed E-state index contributed by atoms with van der Waals surface area (Å²) in [4.78, 5) is 13.2. The van der Waals surface area contributed by atoms with Gasteiger partial charge >= 0.3 is 6.18 Å². The maximum atomic E-state index is 11.7. The molecule has 0 aromatic carbocycles. The van der Waals surface area contributed by atoms with Crippen LogP contribution in [-0.2, 0) is 9.53 Å². The van der Waals surface area contributed by atoms with E-state index in [1.807, 2.05) is 6.92 Å². The number of hydrogen-bond donors (Lipinski definition) is 1. The van der Waals surface area contributed by atoms with Crippen LogP contribution in [0, 0.1) is 0 Å². The highest BCUT2D eigenvalue weighted by Gasteiger charge is 2.27. The van der Waals surface area contributed by atoms with Gasteiger partial charge < -0.3 is 15.0 Å². The van der Waals surface area contributed by atoms with Crippen LogP contribution in [0.3, 0.4) is 0 Å². The second-order valence-corrected chi connectivity index (χ2v) is 4.05. The van der Waals surface area contributed by atoms with E-state index in [1.165, 1.54) is 0 Å². The van der Waals surface area contributed by atoms with E-state index in [2.05, 4.69) is 10.1 Å². The first-order chi connectivity index (χ1) is 8.28. The third-order valence-electron chi connectivity index (χ3n) is 2.40. The first-order valence-corrected chi connectivity index (χ1v) is 5.90. The lowest BCUT2D eigenvalue weighted by molar-refractivity contribution is -0.173. The number of hydrogen-bond acceptors (Lipinski definition) is 3. The number of alkyl halides is 3. The molecule has 4 nitrogen and oxygen atoms in total. The van der Waals surface area contributed by atoms with Crippen molar-refractivity contribution in [3.8, 4) is 0 Å². The van der Waals surface area contributed by atoms with Gasteiger partial charge in [-0.05, 0) is 26.8 Å². The zero-order chi connectivity index (χ0) is 14.2. The summed E-state index contributed by atoms with van der Waals surface area (Å²) in [5, 5.41) is 2.94. The van der Waals surface area contributed by atoms with Crippen LogP contribution in [0.25, 0.3) is 0 Å².